The highest BCUT2D eigenvalue weighted by molar-refractivity contribution is 7.99. The first kappa shape index (κ1) is 15.3. The highest BCUT2D eigenvalue weighted by atomic mass is 32.2. The SMILES string of the molecule is CCCCSCC(=O)N(CC(=O)O)C1CCCC1. The minimum atomic E-state index is -0.909. The molecular formula is C13H23NO3S. The van der Waals surface area contributed by atoms with Crippen LogP contribution in [0.4, 0.5) is 0 Å². The minimum Gasteiger partial charge on any atom is -0.480 e. The Hall–Kier alpha value is -0.710. The summed E-state index contributed by atoms with van der Waals surface area (Å²) in [6.45, 7) is 1.98. The molecule has 104 valence electrons. The van der Waals surface area contributed by atoms with E-state index in [1.54, 1.807) is 16.7 Å². The first-order chi connectivity index (χ1) is 8.65. The second kappa shape index (κ2) is 8.40. The Balaban J connectivity index is 2.42. The second-order valence-electron chi connectivity index (χ2n) is 4.76. The number of hydrogen-bond donors (Lipinski definition) is 1. The van der Waals surface area contributed by atoms with Gasteiger partial charge < -0.3 is 10.0 Å². The van der Waals surface area contributed by atoms with Gasteiger partial charge in [-0.1, -0.05) is 26.2 Å². The largest absolute Gasteiger partial charge is 0.480 e. The van der Waals surface area contributed by atoms with Crippen molar-refractivity contribution in [2.75, 3.05) is 18.1 Å². The first-order valence-corrected chi connectivity index (χ1v) is 7.89. The zero-order chi connectivity index (χ0) is 13.4. The van der Waals surface area contributed by atoms with E-state index in [0.29, 0.717) is 5.75 Å². The number of thioether (sulfide) groups is 1. The van der Waals surface area contributed by atoms with Crippen molar-refractivity contribution in [3.63, 3.8) is 0 Å². The number of carboxylic acid groups (broad SMARTS) is 1. The van der Waals surface area contributed by atoms with Crippen LogP contribution in [-0.2, 0) is 9.59 Å². The number of carbonyl (C=O) groups excluding carboxylic acids is 1. The summed E-state index contributed by atoms with van der Waals surface area (Å²) in [6.07, 6.45) is 6.37. The Morgan fingerprint density at radius 3 is 2.56 bits per heavy atom. The standard InChI is InChI=1S/C13H23NO3S/c1-2-3-8-18-10-12(15)14(9-13(16)17)11-6-4-5-7-11/h11H,2-10H2,1H3,(H,16,17). The fraction of sp³-hybridized carbons (Fsp3) is 0.846. The van der Waals surface area contributed by atoms with Crippen LogP contribution in [0.3, 0.4) is 0 Å². The summed E-state index contributed by atoms with van der Waals surface area (Å²) in [5.74, 6) is 0.483. The summed E-state index contributed by atoms with van der Waals surface area (Å²) in [7, 11) is 0. The third-order valence-corrected chi connectivity index (χ3v) is 4.29. The molecule has 0 bridgehead atoms. The van der Waals surface area contributed by atoms with Crippen LogP contribution in [0.2, 0.25) is 0 Å². The van der Waals surface area contributed by atoms with Crippen molar-refractivity contribution in [1.82, 2.24) is 4.90 Å². The highest BCUT2D eigenvalue weighted by Crippen LogP contribution is 2.24. The number of hydrogen-bond acceptors (Lipinski definition) is 3. The van der Waals surface area contributed by atoms with E-state index in [2.05, 4.69) is 6.92 Å². The molecule has 18 heavy (non-hydrogen) atoms. The Morgan fingerprint density at radius 2 is 2.00 bits per heavy atom. The molecule has 0 aromatic rings. The number of nitrogens with zero attached hydrogens (tertiary/aromatic N) is 1. The van der Waals surface area contributed by atoms with Gasteiger partial charge in [0.1, 0.15) is 6.54 Å². The molecule has 1 aliphatic carbocycles. The maximum Gasteiger partial charge on any atom is 0.323 e. The molecule has 1 N–H and O–H groups in total. The number of carboxylic acids is 1. The van der Waals surface area contributed by atoms with E-state index in [9.17, 15) is 9.59 Å². The molecule has 0 aromatic carbocycles. The smallest absolute Gasteiger partial charge is 0.323 e. The summed E-state index contributed by atoms with van der Waals surface area (Å²) in [5, 5.41) is 8.90. The van der Waals surface area contributed by atoms with Crippen molar-refractivity contribution in [3.8, 4) is 0 Å². The lowest BCUT2D eigenvalue weighted by atomic mass is 10.2. The fourth-order valence-electron chi connectivity index (χ4n) is 2.27. The molecule has 1 rings (SSSR count). The summed E-state index contributed by atoms with van der Waals surface area (Å²) in [5.41, 5.74) is 0. The Labute approximate surface area is 113 Å². The zero-order valence-electron chi connectivity index (χ0n) is 11.1. The van der Waals surface area contributed by atoms with Crippen molar-refractivity contribution >= 4 is 23.6 Å². The van der Waals surface area contributed by atoms with Gasteiger partial charge in [-0.2, -0.15) is 11.8 Å². The Bertz CT molecular complexity index is 277. The first-order valence-electron chi connectivity index (χ1n) is 6.74. The van der Waals surface area contributed by atoms with Gasteiger partial charge in [0.15, 0.2) is 0 Å². The summed E-state index contributed by atoms with van der Waals surface area (Å²) in [6, 6.07) is 0.153. The number of aliphatic carboxylic acids is 1. The molecule has 5 heteroatoms. The van der Waals surface area contributed by atoms with E-state index in [4.69, 9.17) is 5.11 Å². The van der Waals surface area contributed by atoms with Crippen molar-refractivity contribution in [2.24, 2.45) is 0 Å². The Kier molecular flexibility index (Phi) is 7.16. The van der Waals surface area contributed by atoms with Crippen molar-refractivity contribution < 1.29 is 14.7 Å². The zero-order valence-corrected chi connectivity index (χ0v) is 11.9. The van der Waals surface area contributed by atoms with Crippen molar-refractivity contribution in [2.45, 2.75) is 51.5 Å². The molecule has 0 unspecified atom stereocenters. The van der Waals surface area contributed by atoms with Crippen LogP contribution in [0.1, 0.15) is 45.4 Å². The normalized spacial score (nSPS) is 15.8. The maximum absolute atomic E-state index is 12.1. The van der Waals surface area contributed by atoms with Gasteiger partial charge in [-0.05, 0) is 25.0 Å². The highest BCUT2D eigenvalue weighted by Gasteiger charge is 2.27. The van der Waals surface area contributed by atoms with E-state index in [0.717, 1.165) is 44.3 Å². The molecule has 0 saturated heterocycles. The van der Waals surface area contributed by atoms with Gasteiger partial charge >= 0.3 is 5.97 Å². The summed E-state index contributed by atoms with van der Waals surface area (Å²) in [4.78, 5) is 24.5. The van der Waals surface area contributed by atoms with Gasteiger partial charge in [-0.3, -0.25) is 9.59 Å². The molecule has 0 aliphatic heterocycles. The van der Waals surface area contributed by atoms with Crippen LogP contribution in [0, 0.1) is 0 Å². The van der Waals surface area contributed by atoms with Crippen LogP contribution in [0.5, 0.6) is 0 Å². The summed E-state index contributed by atoms with van der Waals surface area (Å²) >= 11 is 1.62. The molecule has 0 radical (unpaired) electrons. The van der Waals surface area contributed by atoms with E-state index >= 15 is 0 Å². The Morgan fingerprint density at radius 1 is 1.33 bits per heavy atom. The third kappa shape index (κ3) is 5.29. The molecule has 0 aromatic heterocycles. The fourth-order valence-corrected chi connectivity index (χ4v) is 3.25. The molecule has 1 fully saturated rings. The lowest BCUT2D eigenvalue weighted by Crippen LogP contribution is -2.43. The van der Waals surface area contributed by atoms with E-state index in [1.165, 1.54) is 0 Å². The second-order valence-corrected chi connectivity index (χ2v) is 5.86. The molecule has 0 heterocycles. The predicted octanol–water partition coefficient (Wildman–Crippen LogP) is 2.38. The van der Waals surface area contributed by atoms with Crippen LogP contribution in [0.25, 0.3) is 0 Å². The average Bonchev–Trinajstić information content (AvgIpc) is 2.84. The van der Waals surface area contributed by atoms with Crippen LogP contribution < -0.4 is 0 Å². The number of carbonyl (C=O) groups is 2. The quantitative estimate of drug-likeness (QED) is 0.690. The molecular weight excluding hydrogens is 250 g/mol. The summed E-state index contributed by atoms with van der Waals surface area (Å²) < 4.78 is 0. The van der Waals surface area contributed by atoms with Gasteiger partial charge in [0.2, 0.25) is 5.91 Å². The molecule has 1 aliphatic rings. The maximum atomic E-state index is 12.1. The lowest BCUT2D eigenvalue weighted by Gasteiger charge is -2.27. The van der Waals surface area contributed by atoms with Gasteiger partial charge in [0.05, 0.1) is 5.75 Å². The molecule has 1 saturated carbocycles. The van der Waals surface area contributed by atoms with Crippen LogP contribution in [-0.4, -0.2) is 46.0 Å². The van der Waals surface area contributed by atoms with Crippen molar-refractivity contribution in [1.29, 1.82) is 0 Å². The number of amides is 1. The molecule has 0 atom stereocenters. The van der Waals surface area contributed by atoms with Gasteiger partial charge in [-0.25, -0.2) is 0 Å². The number of rotatable bonds is 8. The van der Waals surface area contributed by atoms with E-state index in [1.807, 2.05) is 0 Å². The molecule has 1 amide bonds. The monoisotopic (exact) mass is 273 g/mol. The van der Waals surface area contributed by atoms with Crippen LogP contribution in [0.15, 0.2) is 0 Å². The van der Waals surface area contributed by atoms with Crippen LogP contribution >= 0.6 is 11.8 Å². The molecule has 0 spiro atoms. The average molecular weight is 273 g/mol. The molecule has 4 nitrogen and oxygen atoms in total. The third-order valence-electron chi connectivity index (χ3n) is 3.26. The lowest BCUT2D eigenvalue weighted by molar-refractivity contribution is -0.145. The van der Waals surface area contributed by atoms with Gasteiger partial charge in [-0.15, -0.1) is 0 Å². The van der Waals surface area contributed by atoms with Gasteiger partial charge in [0, 0.05) is 6.04 Å². The van der Waals surface area contributed by atoms with Crippen molar-refractivity contribution in [3.05, 3.63) is 0 Å². The van der Waals surface area contributed by atoms with E-state index < -0.39 is 5.97 Å². The topological polar surface area (TPSA) is 57.6 Å². The van der Waals surface area contributed by atoms with E-state index in [-0.39, 0.29) is 18.5 Å². The minimum absolute atomic E-state index is 0.00889. The van der Waals surface area contributed by atoms with Gasteiger partial charge in [0.25, 0.3) is 0 Å². The number of unbranched alkanes of at least 4 members (excludes halogenated alkanes) is 1. The predicted molar refractivity (Wildman–Crippen MR) is 73.8 cm³/mol.